The summed E-state index contributed by atoms with van der Waals surface area (Å²) in [5.41, 5.74) is 15.1. The fourth-order valence-corrected chi connectivity index (χ4v) is 8.44. The maximum atomic E-state index is 9.66. The van der Waals surface area contributed by atoms with Crippen molar-refractivity contribution in [1.82, 2.24) is 0 Å². The average molecular weight is 699 g/mol. The van der Waals surface area contributed by atoms with Gasteiger partial charge in [0.05, 0.1) is 34.6 Å². The first-order chi connectivity index (χ1) is 26.2. The van der Waals surface area contributed by atoms with Gasteiger partial charge in [0.1, 0.15) is 0 Å². The van der Waals surface area contributed by atoms with E-state index in [-0.39, 0.29) is 0 Å². The smallest absolute Gasteiger partial charge is 0.0991 e. The number of aryl methyl sites for hydroxylation is 6. The Hall–Kier alpha value is -6.62. The van der Waals surface area contributed by atoms with Gasteiger partial charge in [0.2, 0.25) is 0 Å². The SMILES string of the molecule is CCc1cc(N(c2ccc(C#N)cc2)c2cc(C)cc(C)c2)c2ccc3c(CC)cc(N(c4ccc(C#N)cc4)c4cc(C)cc(C)c4)c4ccc1c2c34. The minimum absolute atomic E-state index is 0.638. The second kappa shape index (κ2) is 13.7. The van der Waals surface area contributed by atoms with Crippen molar-refractivity contribution in [2.45, 2.75) is 54.4 Å². The molecular weight excluding hydrogens is 657 g/mol. The summed E-state index contributed by atoms with van der Waals surface area (Å²) >= 11 is 0. The molecule has 8 aromatic carbocycles. The number of nitrogens with zero attached hydrogens (tertiary/aromatic N) is 4. The van der Waals surface area contributed by atoms with E-state index in [4.69, 9.17) is 0 Å². The molecule has 0 saturated carbocycles. The summed E-state index contributed by atoms with van der Waals surface area (Å²) in [4.78, 5) is 4.73. The van der Waals surface area contributed by atoms with E-state index < -0.39 is 0 Å². The fraction of sp³-hybridized carbons (Fsp3) is 0.160. The van der Waals surface area contributed by atoms with Crippen LogP contribution in [0.5, 0.6) is 0 Å². The molecule has 0 atom stereocenters. The van der Waals surface area contributed by atoms with Gasteiger partial charge in [-0.3, -0.25) is 0 Å². The third kappa shape index (κ3) is 5.87. The van der Waals surface area contributed by atoms with Crippen molar-refractivity contribution in [1.29, 1.82) is 10.5 Å². The molecular formula is C50H42N4. The minimum atomic E-state index is 0.638. The quantitative estimate of drug-likeness (QED) is 0.148. The number of anilines is 6. The highest BCUT2D eigenvalue weighted by atomic mass is 15.1. The number of rotatable bonds is 8. The zero-order valence-corrected chi connectivity index (χ0v) is 31.8. The molecule has 0 unspecified atom stereocenters. The van der Waals surface area contributed by atoms with Crippen molar-refractivity contribution >= 4 is 66.4 Å². The predicted octanol–water partition coefficient (Wildman–Crippen LogP) is 13.6. The lowest BCUT2D eigenvalue weighted by molar-refractivity contribution is 1.15. The first-order valence-electron chi connectivity index (χ1n) is 18.7. The Kier molecular flexibility index (Phi) is 8.77. The Morgan fingerprint density at radius 1 is 0.407 bits per heavy atom. The van der Waals surface area contributed by atoms with Crippen molar-refractivity contribution in [3.63, 3.8) is 0 Å². The van der Waals surface area contributed by atoms with Gasteiger partial charge < -0.3 is 9.80 Å². The molecule has 0 aromatic heterocycles. The molecule has 0 radical (unpaired) electrons. The second-order valence-electron chi connectivity index (χ2n) is 14.6. The molecule has 0 heterocycles. The Morgan fingerprint density at radius 2 is 0.741 bits per heavy atom. The molecule has 0 saturated heterocycles. The van der Waals surface area contributed by atoms with Crippen molar-refractivity contribution < 1.29 is 0 Å². The molecule has 4 nitrogen and oxygen atoms in total. The Morgan fingerprint density at radius 3 is 1.06 bits per heavy atom. The summed E-state index contributed by atoms with van der Waals surface area (Å²) in [6.45, 7) is 13.1. The van der Waals surface area contributed by atoms with Crippen LogP contribution in [0.25, 0.3) is 32.3 Å². The van der Waals surface area contributed by atoms with E-state index >= 15 is 0 Å². The van der Waals surface area contributed by atoms with E-state index in [9.17, 15) is 10.5 Å². The van der Waals surface area contributed by atoms with E-state index in [2.05, 4.69) is 161 Å². The van der Waals surface area contributed by atoms with Crippen LogP contribution in [0.2, 0.25) is 0 Å². The van der Waals surface area contributed by atoms with Gasteiger partial charge >= 0.3 is 0 Å². The molecule has 54 heavy (non-hydrogen) atoms. The van der Waals surface area contributed by atoms with Gasteiger partial charge in [-0.25, -0.2) is 0 Å². The maximum absolute atomic E-state index is 9.66. The van der Waals surface area contributed by atoms with E-state index in [0.29, 0.717) is 11.1 Å². The highest BCUT2D eigenvalue weighted by Gasteiger charge is 2.25. The third-order valence-corrected chi connectivity index (χ3v) is 10.7. The lowest BCUT2D eigenvalue weighted by Gasteiger charge is -2.31. The van der Waals surface area contributed by atoms with Crippen LogP contribution in [-0.2, 0) is 12.8 Å². The molecule has 262 valence electrons. The summed E-state index contributed by atoms with van der Waals surface area (Å²) in [7, 11) is 0. The van der Waals surface area contributed by atoms with Crippen molar-refractivity contribution in [2.24, 2.45) is 0 Å². The summed E-state index contributed by atoms with van der Waals surface area (Å²) < 4.78 is 0. The molecule has 4 heteroatoms. The standard InChI is InChI=1S/C50H42N4/c1-7-37-27-47(53(39-13-9-35(29-51)10-14-39)41-23-31(3)21-32(4)24-41)45-20-18-44-38(8-2)28-48(46-19-17-43(37)49(45)50(44)46)54(40-15-11-36(30-52)12-16-40)42-25-33(5)22-34(6)26-42/h9-28H,7-8H2,1-6H3. The van der Waals surface area contributed by atoms with Crippen LogP contribution < -0.4 is 9.80 Å². The van der Waals surface area contributed by atoms with Crippen LogP contribution in [0.3, 0.4) is 0 Å². The highest BCUT2D eigenvalue weighted by molar-refractivity contribution is 6.29. The van der Waals surface area contributed by atoms with Crippen LogP contribution in [0.1, 0.15) is 58.4 Å². The largest absolute Gasteiger partial charge is 0.310 e. The summed E-state index contributed by atoms with van der Waals surface area (Å²) in [6.07, 6.45) is 1.76. The van der Waals surface area contributed by atoms with Gasteiger partial charge in [0.25, 0.3) is 0 Å². The lowest BCUT2D eigenvalue weighted by atomic mass is 9.86. The minimum Gasteiger partial charge on any atom is -0.310 e. The highest BCUT2D eigenvalue weighted by Crippen LogP contribution is 2.49. The number of benzene rings is 8. The van der Waals surface area contributed by atoms with Crippen LogP contribution >= 0.6 is 0 Å². The van der Waals surface area contributed by atoms with Gasteiger partial charge in [-0.2, -0.15) is 10.5 Å². The van der Waals surface area contributed by atoms with E-state index in [1.54, 1.807) is 0 Å². The molecule has 0 amide bonds. The molecule has 0 aliphatic rings. The summed E-state index contributed by atoms with van der Waals surface area (Å²) in [5, 5.41) is 26.7. The number of hydrogen-bond donors (Lipinski definition) is 0. The zero-order chi connectivity index (χ0) is 37.7. The first kappa shape index (κ1) is 34.5. The van der Waals surface area contributed by atoms with Crippen molar-refractivity contribution in [3.8, 4) is 12.1 Å². The third-order valence-electron chi connectivity index (χ3n) is 10.7. The molecule has 0 aliphatic carbocycles. The van der Waals surface area contributed by atoms with Crippen LogP contribution in [0.4, 0.5) is 34.1 Å². The number of hydrogen-bond acceptors (Lipinski definition) is 4. The van der Waals surface area contributed by atoms with Gasteiger partial charge in [-0.15, -0.1) is 0 Å². The topological polar surface area (TPSA) is 54.1 Å². The van der Waals surface area contributed by atoms with Gasteiger partial charge in [0, 0.05) is 33.5 Å². The van der Waals surface area contributed by atoms with Crippen molar-refractivity contribution in [3.05, 3.63) is 166 Å². The molecule has 0 bridgehead atoms. The van der Waals surface area contributed by atoms with Crippen LogP contribution in [0.15, 0.2) is 121 Å². The van der Waals surface area contributed by atoms with Gasteiger partial charge in [-0.1, -0.05) is 50.2 Å². The van der Waals surface area contributed by atoms with Crippen LogP contribution in [0, 0.1) is 50.4 Å². The van der Waals surface area contributed by atoms with Crippen LogP contribution in [-0.4, -0.2) is 0 Å². The van der Waals surface area contributed by atoms with E-state index in [0.717, 1.165) is 47.0 Å². The lowest BCUT2D eigenvalue weighted by Crippen LogP contribution is -2.13. The van der Waals surface area contributed by atoms with Gasteiger partial charge in [0.15, 0.2) is 0 Å². The molecule has 8 rings (SSSR count). The van der Waals surface area contributed by atoms with E-state index in [1.165, 1.54) is 65.7 Å². The Balaban J connectivity index is 1.49. The summed E-state index contributed by atoms with van der Waals surface area (Å²) in [5.74, 6) is 0. The fourth-order valence-electron chi connectivity index (χ4n) is 8.44. The van der Waals surface area contributed by atoms with Gasteiger partial charge in [-0.05, 0) is 180 Å². The monoisotopic (exact) mass is 698 g/mol. The number of nitriles is 2. The van der Waals surface area contributed by atoms with E-state index in [1.807, 2.05) is 24.3 Å². The summed E-state index contributed by atoms with van der Waals surface area (Å²) in [6, 6.07) is 47.9. The normalized spacial score (nSPS) is 11.3. The average Bonchev–Trinajstić information content (AvgIpc) is 3.17. The molecule has 0 N–H and O–H groups in total. The Bertz CT molecular complexity index is 2560. The molecule has 8 aromatic rings. The second-order valence-corrected chi connectivity index (χ2v) is 14.6. The van der Waals surface area contributed by atoms with Crippen molar-refractivity contribution in [2.75, 3.05) is 9.80 Å². The molecule has 0 spiro atoms. The zero-order valence-electron chi connectivity index (χ0n) is 31.8. The molecule has 0 fully saturated rings. The maximum Gasteiger partial charge on any atom is 0.0991 e. The first-order valence-corrected chi connectivity index (χ1v) is 18.7. The Labute approximate surface area is 318 Å². The predicted molar refractivity (Wildman–Crippen MR) is 227 cm³/mol. The molecule has 0 aliphatic heterocycles.